The predicted molar refractivity (Wildman–Crippen MR) is 116 cm³/mol. The number of methoxy groups -OCH3 is 1. The van der Waals surface area contributed by atoms with E-state index in [0.717, 1.165) is 5.56 Å². The van der Waals surface area contributed by atoms with Crippen molar-refractivity contribution in [2.45, 2.75) is 13.8 Å². The van der Waals surface area contributed by atoms with Crippen LogP contribution in [0.2, 0.25) is 5.02 Å². The lowest BCUT2D eigenvalue weighted by Gasteiger charge is -2.15. The Morgan fingerprint density at radius 3 is 2.52 bits per heavy atom. The Balaban J connectivity index is 1.99. The minimum atomic E-state index is -0.312. The second kappa shape index (κ2) is 10.5. The van der Waals surface area contributed by atoms with Crippen molar-refractivity contribution >= 4 is 35.2 Å². The molecule has 0 saturated carbocycles. The fourth-order valence-corrected chi connectivity index (χ4v) is 2.82. The number of benzene rings is 2. The average molecular weight is 417 g/mol. The minimum absolute atomic E-state index is 0.0651. The molecule has 0 spiro atoms. The highest BCUT2D eigenvalue weighted by atomic mass is 35.5. The van der Waals surface area contributed by atoms with Crippen molar-refractivity contribution in [3.63, 3.8) is 0 Å². The zero-order valence-corrected chi connectivity index (χ0v) is 17.7. The molecule has 2 rings (SSSR count). The number of carbonyl (C=O) groups excluding carboxylic acids is 2. The van der Waals surface area contributed by atoms with Gasteiger partial charge in [0.05, 0.1) is 25.3 Å². The molecule has 0 heterocycles. The van der Waals surface area contributed by atoms with Crippen LogP contribution in [0, 0.1) is 6.92 Å². The number of rotatable bonds is 8. The number of carbonyl (C=O) groups is 2. The monoisotopic (exact) mass is 416 g/mol. The van der Waals surface area contributed by atoms with Crippen LogP contribution in [0.1, 0.15) is 18.1 Å². The van der Waals surface area contributed by atoms with Crippen molar-refractivity contribution in [2.24, 2.45) is 0 Å². The van der Waals surface area contributed by atoms with Gasteiger partial charge in [0.25, 0.3) is 0 Å². The largest absolute Gasteiger partial charge is 0.493 e. The van der Waals surface area contributed by atoms with E-state index in [4.69, 9.17) is 21.1 Å². The normalized spacial score (nSPS) is 10.7. The molecule has 6 nitrogen and oxygen atoms in total. The number of nitrogens with zero attached hydrogens (tertiary/aromatic N) is 1. The topological polar surface area (TPSA) is 67.9 Å². The summed E-state index contributed by atoms with van der Waals surface area (Å²) in [7, 11) is 3.08. The molecule has 0 bridgehead atoms. The van der Waals surface area contributed by atoms with Crippen molar-refractivity contribution in [1.82, 2.24) is 4.90 Å². The van der Waals surface area contributed by atoms with E-state index in [-0.39, 0.29) is 18.4 Å². The Bertz CT molecular complexity index is 894. The van der Waals surface area contributed by atoms with E-state index in [9.17, 15) is 9.59 Å². The van der Waals surface area contributed by atoms with Crippen molar-refractivity contribution in [3.05, 3.63) is 58.6 Å². The zero-order valence-electron chi connectivity index (χ0n) is 17.0. The first-order valence-corrected chi connectivity index (χ1v) is 9.51. The number of anilines is 1. The fraction of sp³-hybridized carbons (Fsp3) is 0.273. The van der Waals surface area contributed by atoms with Gasteiger partial charge in [-0.3, -0.25) is 9.59 Å². The lowest BCUT2D eigenvalue weighted by atomic mass is 10.2. The van der Waals surface area contributed by atoms with Crippen molar-refractivity contribution in [2.75, 3.05) is 32.6 Å². The SMILES string of the molecule is CCOc1c(Cl)cc(/C=C/C(=O)N(C)CC(=O)Nc2ccc(C)cc2)cc1OC. The lowest BCUT2D eigenvalue weighted by Crippen LogP contribution is -2.33. The standard InChI is InChI=1S/C22H25ClN2O4/c1-5-29-22-18(23)12-16(13-19(22)28-4)8-11-21(27)25(3)14-20(26)24-17-9-6-15(2)7-10-17/h6-13H,5,14H2,1-4H3,(H,24,26)/b11-8+. The number of aryl methyl sites for hydroxylation is 1. The lowest BCUT2D eigenvalue weighted by molar-refractivity contribution is -0.129. The van der Waals surface area contributed by atoms with Gasteiger partial charge >= 0.3 is 0 Å². The van der Waals surface area contributed by atoms with Crippen LogP contribution in [-0.2, 0) is 9.59 Å². The van der Waals surface area contributed by atoms with Crippen molar-refractivity contribution in [1.29, 1.82) is 0 Å². The number of nitrogens with one attached hydrogen (secondary N) is 1. The molecule has 0 aromatic heterocycles. The molecule has 0 aliphatic rings. The molecule has 7 heteroatoms. The van der Waals surface area contributed by atoms with Crippen LogP contribution < -0.4 is 14.8 Å². The van der Waals surface area contributed by atoms with Crippen molar-refractivity contribution < 1.29 is 19.1 Å². The first-order chi connectivity index (χ1) is 13.8. The molecule has 2 aromatic carbocycles. The second-order valence-electron chi connectivity index (χ2n) is 6.41. The van der Waals surface area contributed by atoms with Gasteiger partial charge in [0.1, 0.15) is 0 Å². The molecule has 2 amide bonds. The summed E-state index contributed by atoms with van der Waals surface area (Å²) in [5.74, 6) is 0.360. The molecular weight excluding hydrogens is 392 g/mol. The van der Waals surface area contributed by atoms with E-state index in [1.165, 1.54) is 18.1 Å². The molecule has 0 aliphatic heterocycles. The molecule has 0 aliphatic carbocycles. The average Bonchev–Trinajstić information content (AvgIpc) is 2.69. The molecule has 1 N–H and O–H groups in total. The van der Waals surface area contributed by atoms with E-state index in [1.807, 2.05) is 38.1 Å². The highest BCUT2D eigenvalue weighted by molar-refractivity contribution is 6.32. The molecule has 2 aromatic rings. The fourth-order valence-electron chi connectivity index (χ4n) is 2.55. The summed E-state index contributed by atoms with van der Waals surface area (Å²) in [6.07, 6.45) is 2.99. The van der Waals surface area contributed by atoms with Crippen molar-refractivity contribution in [3.8, 4) is 11.5 Å². The third kappa shape index (κ3) is 6.54. The number of amides is 2. The highest BCUT2D eigenvalue weighted by Crippen LogP contribution is 2.36. The Morgan fingerprint density at radius 2 is 1.90 bits per heavy atom. The highest BCUT2D eigenvalue weighted by Gasteiger charge is 2.13. The van der Waals surface area contributed by atoms with Gasteiger partial charge in [0.15, 0.2) is 11.5 Å². The van der Waals surface area contributed by atoms with Gasteiger partial charge < -0.3 is 19.7 Å². The summed E-state index contributed by atoms with van der Waals surface area (Å²) >= 11 is 6.24. The molecule has 0 atom stereocenters. The van der Waals surface area contributed by atoms with Gasteiger partial charge in [-0.2, -0.15) is 0 Å². The van der Waals surface area contributed by atoms with E-state index in [1.54, 1.807) is 25.3 Å². The van der Waals surface area contributed by atoms with Crippen LogP contribution in [-0.4, -0.2) is 44.0 Å². The van der Waals surface area contributed by atoms with Crippen LogP contribution in [0.5, 0.6) is 11.5 Å². The Labute approximate surface area is 176 Å². The van der Waals surface area contributed by atoms with Gasteiger partial charge in [-0.25, -0.2) is 0 Å². The molecule has 0 fully saturated rings. The van der Waals surface area contributed by atoms with Gasteiger partial charge in [0.2, 0.25) is 11.8 Å². The number of hydrogen-bond donors (Lipinski definition) is 1. The zero-order chi connectivity index (χ0) is 21.4. The van der Waals surface area contributed by atoms with Gasteiger partial charge in [-0.15, -0.1) is 0 Å². The summed E-state index contributed by atoms with van der Waals surface area (Å²) in [5.41, 5.74) is 2.47. The molecule has 0 radical (unpaired) electrons. The number of likely N-dealkylation sites (N-methyl/N-ethyl adjacent to an activating group) is 1. The molecule has 154 valence electrons. The molecule has 29 heavy (non-hydrogen) atoms. The first-order valence-electron chi connectivity index (χ1n) is 9.14. The summed E-state index contributed by atoms with van der Waals surface area (Å²) < 4.78 is 10.8. The molecular formula is C22H25ClN2O4. The smallest absolute Gasteiger partial charge is 0.246 e. The maximum atomic E-state index is 12.3. The van der Waals surface area contributed by atoms with Gasteiger partial charge in [-0.1, -0.05) is 29.3 Å². The maximum Gasteiger partial charge on any atom is 0.246 e. The summed E-state index contributed by atoms with van der Waals surface area (Å²) in [6.45, 7) is 4.22. The first kappa shape index (κ1) is 22.3. The Morgan fingerprint density at radius 1 is 1.21 bits per heavy atom. The van der Waals surface area contributed by atoms with Crippen LogP contribution in [0.15, 0.2) is 42.5 Å². The predicted octanol–water partition coefficient (Wildman–Crippen LogP) is 4.17. The van der Waals surface area contributed by atoms with Crippen LogP contribution in [0.25, 0.3) is 6.08 Å². The Hall–Kier alpha value is -2.99. The third-order valence-corrected chi connectivity index (χ3v) is 4.33. The summed E-state index contributed by atoms with van der Waals surface area (Å²) in [5, 5.41) is 3.16. The number of ether oxygens (including phenoxy) is 2. The summed E-state index contributed by atoms with van der Waals surface area (Å²) in [4.78, 5) is 25.8. The number of hydrogen-bond acceptors (Lipinski definition) is 4. The van der Waals surface area contributed by atoms with Crippen LogP contribution in [0.4, 0.5) is 5.69 Å². The van der Waals surface area contributed by atoms with E-state index in [2.05, 4.69) is 5.32 Å². The maximum absolute atomic E-state index is 12.3. The van der Waals surface area contributed by atoms with Gasteiger partial charge in [-0.05, 0) is 49.8 Å². The Kier molecular flexibility index (Phi) is 8.09. The second-order valence-corrected chi connectivity index (χ2v) is 6.82. The third-order valence-electron chi connectivity index (χ3n) is 4.05. The number of halogens is 1. The molecule has 0 unspecified atom stereocenters. The minimum Gasteiger partial charge on any atom is -0.493 e. The van der Waals surface area contributed by atoms with E-state index >= 15 is 0 Å². The van der Waals surface area contributed by atoms with Crippen LogP contribution >= 0.6 is 11.6 Å². The van der Waals surface area contributed by atoms with Gasteiger partial charge in [0, 0.05) is 18.8 Å². The van der Waals surface area contributed by atoms with Crippen LogP contribution in [0.3, 0.4) is 0 Å². The quantitative estimate of drug-likeness (QED) is 0.656. The van der Waals surface area contributed by atoms with E-state index in [0.29, 0.717) is 34.4 Å². The summed E-state index contributed by atoms with van der Waals surface area (Å²) in [6, 6.07) is 10.9. The van der Waals surface area contributed by atoms with E-state index < -0.39 is 0 Å². The molecule has 0 saturated heterocycles.